The van der Waals surface area contributed by atoms with Crippen LogP contribution in [0.15, 0.2) is 60.7 Å². The molecule has 6 N–H and O–H groups in total. The van der Waals surface area contributed by atoms with E-state index in [4.69, 9.17) is 31.4 Å². The van der Waals surface area contributed by atoms with Gasteiger partial charge in [-0.2, -0.15) is 0 Å². The third-order valence-electron chi connectivity index (χ3n) is 8.23. The molecule has 258 valence electrons. The van der Waals surface area contributed by atoms with Crippen LogP contribution in [0.3, 0.4) is 0 Å². The van der Waals surface area contributed by atoms with Crippen molar-refractivity contribution in [3.63, 3.8) is 0 Å². The molecule has 0 saturated heterocycles. The summed E-state index contributed by atoms with van der Waals surface area (Å²) >= 11 is 0. The second-order valence-corrected chi connectivity index (χ2v) is 12.3. The van der Waals surface area contributed by atoms with Gasteiger partial charge in [0.1, 0.15) is 28.9 Å². The van der Waals surface area contributed by atoms with Gasteiger partial charge in [-0.25, -0.2) is 8.78 Å². The molecule has 6 nitrogen and oxygen atoms in total. The first-order chi connectivity index (χ1) is 23.3. The number of hydrogen-bond acceptors (Lipinski definition) is 6. The van der Waals surface area contributed by atoms with Gasteiger partial charge in [0.15, 0.2) is 0 Å². The van der Waals surface area contributed by atoms with Gasteiger partial charge in [-0.05, 0) is 159 Å². The molecule has 0 saturated carbocycles. The first-order valence-electron chi connectivity index (χ1n) is 17.2. The minimum atomic E-state index is -0.467. The highest BCUT2D eigenvalue weighted by atomic mass is 19.1. The largest absolute Gasteiger partial charge is 0.494 e. The van der Waals surface area contributed by atoms with Gasteiger partial charge in [-0.3, -0.25) is 0 Å². The summed E-state index contributed by atoms with van der Waals surface area (Å²) in [4.78, 5) is 0. The van der Waals surface area contributed by atoms with Crippen molar-refractivity contribution >= 4 is 0 Å². The van der Waals surface area contributed by atoms with Crippen molar-refractivity contribution in [1.29, 1.82) is 0 Å². The average Bonchev–Trinajstić information content (AvgIpc) is 3.07. The summed E-state index contributed by atoms with van der Waals surface area (Å²) in [7, 11) is 0. The SMILES string of the molecule is CCCCOc1cc(OCCCN)cc(-c2cc(C)c(F)c(-c3cc(-c4cc(CCCCN)cc(OCCCN)c4)cc(C)c3F)c2)c1. The van der Waals surface area contributed by atoms with Gasteiger partial charge in [0, 0.05) is 17.2 Å². The van der Waals surface area contributed by atoms with Crippen LogP contribution in [-0.2, 0) is 6.42 Å². The van der Waals surface area contributed by atoms with Crippen molar-refractivity contribution in [2.24, 2.45) is 17.2 Å². The molecule has 0 amide bonds. The maximum absolute atomic E-state index is 16.0. The molecule has 8 heteroatoms. The molecule has 0 aliphatic carbocycles. The maximum Gasteiger partial charge on any atom is 0.134 e. The van der Waals surface area contributed by atoms with Crippen LogP contribution >= 0.6 is 0 Å². The summed E-state index contributed by atoms with van der Waals surface area (Å²) in [5, 5.41) is 0. The van der Waals surface area contributed by atoms with Gasteiger partial charge in [0.2, 0.25) is 0 Å². The zero-order chi connectivity index (χ0) is 34.5. The van der Waals surface area contributed by atoms with E-state index in [2.05, 4.69) is 13.0 Å². The molecule has 0 heterocycles. The quantitative estimate of drug-likeness (QED) is 0.0872. The molecule has 0 fully saturated rings. The molecular formula is C40H51F2N3O3. The Hall–Kier alpha value is -3.98. The molecule has 4 rings (SSSR count). The van der Waals surface area contributed by atoms with Crippen LogP contribution in [0.2, 0.25) is 0 Å². The second kappa shape index (κ2) is 18.5. The van der Waals surface area contributed by atoms with Gasteiger partial charge >= 0.3 is 0 Å². The Labute approximate surface area is 284 Å². The van der Waals surface area contributed by atoms with Crippen LogP contribution < -0.4 is 31.4 Å². The lowest BCUT2D eigenvalue weighted by molar-refractivity contribution is 0.296. The Morgan fingerprint density at radius 1 is 0.500 bits per heavy atom. The van der Waals surface area contributed by atoms with Crippen molar-refractivity contribution in [3.05, 3.63) is 89.0 Å². The summed E-state index contributed by atoms with van der Waals surface area (Å²) in [5.41, 5.74) is 22.6. The molecule has 0 radical (unpaired) electrons. The maximum atomic E-state index is 16.0. The standard InChI is InChI=1S/C40H51F2N3O3/c1-4-5-14-46-35-22-33(23-36(26-35)48-16-9-13-45)31-18-28(3)40(42)38(25-31)37-24-30(17-27(2)39(37)41)32-19-29(10-6-7-11-43)20-34(21-32)47-15-8-12-44/h17-26H,4-16,43-45H2,1-3H3. The molecule has 4 aromatic rings. The highest BCUT2D eigenvalue weighted by Crippen LogP contribution is 2.39. The molecule has 0 unspecified atom stereocenters. The monoisotopic (exact) mass is 659 g/mol. The minimum Gasteiger partial charge on any atom is -0.494 e. The van der Waals surface area contributed by atoms with Crippen molar-refractivity contribution in [3.8, 4) is 50.6 Å². The first-order valence-corrected chi connectivity index (χ1v) is 17.2. The van der Waals surface area contributed by atoms with E-state index >= 15 is 8.78 Å². The zero-order valence-corrected chi connectivity index (χ0v) is 28.7. The fourth-order valence-electron chi connectivity index (χ4n) is 5.58. The molecule has 48 heavy (non-hydrogen) atoms. The molecule has 0 spiro atoms. The van der Waals surface area contributed by atoms with E-state index in [9.17, 15) is 0 Å². The summed E-state index contributed by atoms with van der Waals surface area (Å²) in [5.74, 6) is 1.09. The van der Waals surface area contributed by atoms with Gasteiger partial charge in [0.25, 0.3) is 0 Å². The minimum absolute atomic E-state index is 0.189. The Morgan fingerprint density at radius 2 is 0.938 bits per heavy atom. The van der Waals surface area contributed by atoms with E-state index in [0.717, 1.165) is 72.1 Å². The van der Waals surface area contributed by atoms with Crippen LogP contribution in [0.5, 0.6) is 17.2 Å². The molecule has 0 atom stereocenters. The lowest BCUT2D eigenvalue weighted by atomic mass is 9.91. The van der Waals surface area contributed by atoms with E-state index in [1.165, 1.54) is 0 Å². The molecule has 4 aromatic carbocycles. The third-order valence-corrected chi connectivity index (χ3v) is 8.23. The lowest BCUT2D eigenvalue weighted by Crippen LogP contribution is -2.06. The number of halogens is 2. The van der Waals surface area contributed by atoms with E-state index in [1.54, 1.807) is 38.1 Å². The number of rotatable bonds is 19. The van der Waals surface area contributed by atoms with Crippen LogP contribution in [0.4, 0.5) is 8.78 Å². The highest BCUT2D eigenvalue weighted by Gasteiger charge is 2.19. The van der Waals surface area contributed by atoms with Crippen molar-refractivity contribution in [2.45, 2.75) is 65.7 Å². The predicted molar refractivity (Wildman–Crippen MR) is 193 cm³/mol. The summed E-state index contributed by atoms with van der Waals surface area (Å²) in [6.45, 7) is 8.73. The number of nitrogens with two attached hydrogens (primary N) is 3. The summed E-state index contributed by atoms with van der Waals surface area (Å²) < 4.78 is 50.1. The number of ether oxygens (including phenoxy) is 3. The lowest BCUT2D eigenvalue weighted by Gasteiger charge is -2.17. The Morgan fingerprint density at radius 3 is 1.42 bits per heavy atom. The van der Waals surface area contributed by atoms with Crippen LogP contribution in [-0.4, -0.2) is 39.5 Å². The molecule has 0 aliphatic rings. The highest BCUT2D eigenvalue weighted by molar-refractivity contribution is 5.80. The molecule has 0 bridgehead atoms. The normalized spacial score (nSPS) is 11.2. The second-order valence-electron chi connectivity index (χ2n) is 12.3. The average molecular weight is 660 g/mol. The van der Waals surface area contributed by atoms with E-state index in [-0.39, 0.29) is 11.1 Å². The van der Waals surface area contributed by atoms with Gasteiger partial charge in [-0.15, -0.1) is 0 Å². The van der Waals surface area contributed by atoms with E-state index in [0.29, 0.717) is 68.5 Å². The fraction of sp³-hybridized carbons (Fsp3) is 0.400. The fourth-order valence-corrected chi connectivity index (χ4v) is 5.58. The van der Waals surface area contributed by atoms with Crippen LogP contribution in [0, 0.1) is 25.5 Å². The van der Waals surface area contributed by atoms with Crippen LogP contribution in [0.1, 0.15) is 62.1 Å². The number of hydrogen-bond donors (Lipinski definition) is 3. The van der Waals surface area contributed by atoms with Crippen molar-refractivity contribution < 1.29 is 23.0 Å². The van der Waals surface area contributed by atoms with Gasteiger partial charge in [-0.1, -0.05) is 19.4 Å². The molecule has 0 aliphatic heterocycles. The third kappa shape index (κ3) is 10.0. The van der Waals surface area contributed by atoms with Gasteiger partial charge in [0.05, 0.1) is 19.8 Å². The topological polar surface area (TPSA) is 106 Å². The number of unbranched alkanes of at least 4 members (excludes halogenated alkanes) is 2. The van der Waals surface area contributed by atoms with Crippen LogP contribution in [0.25, 0.3) is 33.4 Å². The number of aryl methyl sites for hydroxylation is 3. The molecule has 0 aromatic heterocycles. The summed E-state index contributed by atoms with van der Waals surface area (Å²) in [6.07, 6.45) is 6.06. The van der Waals surface area contributed by atoms with Crippen molar-refractivity contribution in [1.82, 2.24) is 0 Å². The summed E-state index contributed by atoms with van der Waals surface area (Å²) in [6, 6.07) is 18.8. The Bertz CT molecular complexity index is 1470. The Balaban J connectivity index is 1.80. The Kier molecular flexibility index (Phi) is 14.2. The van der Waals surface area contributed by atoms with Crippen molar-refractivity contribution in [2.75, 3.05) is 39.5 Å². The first kappa shape index (κ1) is 36.8. The van der Waals surface area contributed by atoms with Gasteiger partial charge < -0.3 is 31.4 Å². The predicted octanol–water partition coefficient (Wildman–Crippen LogP) is 8.50. The zero-order valence-electron chi connectivity index (χ0n) is 28.7. The molecular weight excluding hydrogens is 608 g/mol. The van der Waals surface area contributed by atoms with E-state index in [1.807, 2.05) is 30.3 Å². The van der Waals surface area contributed by atoms with E-state index < -0.39 is 11.6 Å². The number of benzene rings is 4. The smallest absolute Gasteiger partial charge is 0.134 e.